The molecule has 9 nitrogen and oxygen atoms in total. The van der Waals surface area contributed by atoms with E-state index >= 15 is 0 Å². The number of fused-ring (bicyclic) bond motifs is 1. The van der Waals surface area contributed by atoms with Gasteiger partial charge in [0.15, 0.2) is 11.5 Å². The van der Waals surface area contributed by atoms with Gasteiger partial charge < -0.3 is 25.8 Å². The summed E-state index contributed by atoms with van der Waals surface area (Å²) >= 11 is 0. The number of aliphatic imine (C=N–C) groups is 1. The molecule has 0 aliphatic carbocycles. The van der Waals surface area contributed by atoms with Crippen LogP contribution in [0.3, 0.4) is 0 Å². The van der Waals surface area contributed by atoms with E-state index in [0.717, 1.165) is 58.7 Å². The lowest BCUT2D eigenvalue weighted by molar-refractivity contribution is -0.851. The predicted molar refractivity (Wildman–Crippen MR) is 188 cm³/mol. The number of aromatic hydroxyl groups is 1. The normalized spacial score (nSPS) is 17.2. The minimum Gasteiger partial charge on any atom is -0.504 e. The van der Waals surface area contributed by atoms with Gasteiger partial charge in [-0.05, 0) is 72.1 Å². The lowest BCUT2D eigenvalue weighted by atomic mass is 9.97. The topological polar surface area (TPSA) is 142 Å². The number of aliphatic hydroxyl groups excluding tert-OH is 2. The molecule has 0 aromatic heterocycles. The Kier molecular flexibility index (Phi) is 12.7. The Morgan fingerprint density at radius 3 is 2.62 bits per heavy atom. The lowest BCUT2D eigenvalue weighted by Gasteiger charge is -2.15. The van der Waals surface area contributed by atoms with Gasteiger partial charge in [0.1, 0.15) is 24.2 Å². The van der Waals surface area contributed by atoms with E-state index in [9.17, 15) is 20.1 Å². The fourth-order valence-corrected chi connectivity index (χ4v) is 6.25. The zero-order valence-electron chi connectivity index (χ0n) is 27.8. The molecule has 0 bridgehead atoms. The summed E-state index contributed by atoms with van der Waals surface area (Å²) in [6, 6.07) is 23.9. The maximum Gasteiger partial charge on any atom is 0.227 e. The molecule has 0 spiro atoms. The van der Waals surface area contributed by atoms with Gasteiger partial charge >= 0.3 is 0 Å². The van der Waals surface area contributed by atoms with Crippen LogP contribution in [0.15, 0.2) is 101 Å². The number of aliphatic hydroxyl groups is 2. The minimum absolute atomic E-state index is 0.0287. The Hall–Kier alpha value is -4.12. The largest absolute Gasteiger partial charge is 0.504 e. The van der Waals surface area contributed by atoms with E-state index in [2.05, 4.69) is 65.0 Å². The van der Waals surface area contributed by atoms with Crippen molar-refractivity contribution in [2.24, 2.45) is 10.7 Å². The van der Waals surface area contributed by atoms with Crippen LogP contribution < -0.4 is 20.7 Å². The van der Waals surface area contributed by atoms with Crippen LogP contribution in [0.1, 0.15) is 67.4 Å². The number of phenols is 1. The van der Waals surface area contributed by atoms with Crippen LogP contribution in [-0.2, 0) is 24.1 Å². The van der Waals surface area contributed by atoms with Crippen molar-refractivity contribution < 1.29 is 29.8 Å². The van der Waals surface area contributed by atoms with Gasteiger partial charge in [0, 0.05) is 25.6 Å². The van der Waals surface area contributed by atoms with Gasteiger partial charge in [-0.25, -0.2) is 0 Å². The number of aryl methyl sites for hydroxylation is 1. The van der Waals surface area contributed by atoms with Gasteiger partial charge in [-0.15, -0.1) is 0 Å². The Bertz CT molecular complexity index is 1620. The number of nitrogens with zero attached hydrogens (tertiary/aromatic N) is 1. The highest BCUT2D eigenvalue weighted by Crippen LogP contribution is 2.28. The van der Waals surface area contributed by atoms with Gasteiger partial charge in [0.25, 0.3) is 0 Å². The molecule has 0 saturated heterocycles. The summed E-state index contributed by atoms with van der Waals surface area (Å²) in [5.74, 6) is 0.354. The van der Waals surface area contributed by atoms with Gasteiger partial charge in [-0.2, -0.15) is 0 Å². The second kappa shape index (κ2) is 17.3. The molecule has 2 aliphatic heterocycles. The number of nitrogens with two attached hydrogens (primary N) is 1. The zero-order chi connectivity index (χ0) is 33.9. The van der Waals surface area contributed by atoms with Crippen LogP contribution in [0.4, 0.5) is 0 Å². The molecule has 254 valence electrons. The highest BCUT2D eigenvalue weighted by molar-refractivity contribution is 6.08. The van der Waals surface area contributed by atoms with Gasteiger partial charge in [-0.3, -0.25) is 20.0 Å². The average Bonchev–Trinajstić information content (AvgIpc) is 3.65. The number of quaternary nitrogens is 1. The number of allylic oxidation sites excluding steroid dienone is 1. The number of Topliss-reactive ketones (excluding diaryl/α,β-unsaturated/α-hetero) is 1. The van der Waals surface area contributed by atoms with Crippen molar-refractivity contribution in [3.63, 3.8) is 0 Å². The molecular formula is C39H49N4O5+. The molecule has 2 heterocycles. The number of ketones is 1. The molecule has 4 atom stereocenters. The van der Waals surface area contributed by atoms with E-state index in [1.54, 1.807) is 18.2 Å². The summed E-state index contributed by atoms with van der Waals surface area (Å²) < 4.78 is 6.04. The predicted octanol–water partition coefficient (Wildman–Crippen LogP) is 3.69. The minimum atomic E-state index is -0.837. The van der Waals surface area contributed by atoms with Crippen molar-refractivity contribution in [3.8, 4) is 11.5 Å². The van der Waals surface area contributed by atoms with Crippen molar-refractivity contribution >= 4 is 11.5 Å². The molecular weight excluding hydrogens is 604 g/mol. The van der Waals surface area contributed by atoms with Crippen LogP contribution in [-0.4, -0.2) is 58.8 Å². The SMILES string of the molecule is CCC[C@H](O)C[C@@H](O)CC(=O)CCc1ccc(O)c(OC[NH+]2C=C3C(Cc4cccc([C@H](N)NCCc5ccccc5)c4)=CN=C3C2)c1. The van der Waals surface area contributed by atoms with E-state index in [1.807, 2.05) is 19.2 Å². The van der Waals surface area contributed by atoms with Crippen LogP contribution in [0.25, 0.3) is 0 Å². The first-order chi connectivity index (χ1) is 23.3. The summed E-state index contributed by atoms with van der Waals surface area (Å²) in [5.41, 5.74) is 14.2. The standard InChI is InChI=1S/C39H48N4O5/c1-2-7-32(44)21-34(46)22-33(45)14-12-28-13-15-37(47)38(20-28)48-26-43-24-35-31(23-42-36(35)25-43)19-29-10-6-11-30(18-29)39(40)41-17-16-27-8-4-3-5-9-27/h3-6,8-11,13,15,18,20,23-24,32,34,39,41,44,46-47H,2,7,12,14,16-17,19,21-22,25-26,40H2,1H3/p+1/t32-,34+,39+/m0/s1. The Balaban J connectivity index is 1.09. The van der Waals surface area contributed by atoms with Crippen molar-refractivity contribution in [1.29, 1.82) is 0 Å². The van der Waals surface area contributed by atoms with Crippen LogP contribution in [0.2, 0.25) is 0 Å². The Morgan fingerprint density at radius 2 is 1.81 bits per heavy atom. The number of ether oxygens (including phenoxy) is 1. The van der Waals surface area contributed by atoms with Gasteiger partial charge in [0.2, 0.25) is 6.73 Å². The molecule has 1 unspecified atom stereocenters. The lowest BCUT2D eigenvalue weighted by Crippen LogP contribution is -3.07. The number of nitrogens with one attached hydrogen (secondary N) is 2. The molecule has 0 fully saturated rings. The van der Waals surface area contributed by atoms with Crippen molar-refractivity contribution in [2.75, 3.05) is 19.8 Å². The number of rotatable bonds is 19. The third kappa shape index (κ3) is 10.2. The van der Waals surface area contributed by atoms with Crippen molar-refractivity contribution in [3.05, 3.63) is 119 Å². The van der Waals surface area contributed by atoms with E-state index in [0.29, 0.717) is 31.9 Å². The molecule has 0 saturated carbocycles. The molecule has 2 aliphatic rings. The summed E-state index contributed by atoms with van der Waals surface area (Å²) in [7, 11) is 0. The number of carbonyl (C=O) groups excluding carboxylic acids is 1. The number of hydrogen-bond donors (Lipinski definition) is 6. The third-order valence-electron chi connectivity index (χ3n) is 8.86. The van der Waals surface area contributed by atoms with Crippen molar-refractivity contribution in [2.45, 2.75) is 76.7 Å². The molecule has 3 aromatic carbocycles. The Morgan fingerprint density at radius 1 is 1.00 bits per heavy atom. The highest BCUT2D eigenvalue weighted by atomic mass is 16.5. The molecule has 0 radical (unpaired) electrons. The van der Waals surface area contributed by atoms with Crippen molar-refractivity contribution in [1.82, 2.24) is 5.32 Å². The van der Waals surface area contributed by atoms with E-state index in [4.69, 9.17) is 10.5 Å². The fraction of sp³-hybridized carbons (Fsp3) is 0.385. The zero-order valence-corrected chi connectivity index (χ0v) is 27.8. The number of benzene rings is 3. The van der Waals surface area contributed by atoms with E-state index in [1.165, 1.54) is 11.1 Å². The number of phenolic OH excluding ortho intramolecular Hbond substituents is 1. The second-order valence-electron chi connectivity index (χ2n) is 12.9. The van der Waals surface area contributed by atoms with Gasteiger partial charge in [-0.1, -0.05) is 74.0 Å². The molecule has 3 aromatic rings. The summed E-state index contributed by atoms with van der Waals surface area (Å²) in [6.07, 6.45) is 6.51. The highest BCUT2D eigenvalue weighted by Gasteiger charge is 2.30. The molecule has 5 rings (SSSR count). The smallest absolute Gasteiger partial charge is 0.227 e. The summed E-state index contributed by atoms with van der Waals surface area (Å²) in [5, 5.41) is 33.9. The van der Waals surface area contributed by atoms with E-state index < -0.39 is 12.2 Å². The maximum absolute atomic E-state index is 12.4. The first-order valence-electron chi connectivity index (χ1n) is 17.0. The molecule has 0 amide bonds. The summed E-state index contributed by atoms with van der Waals surface area (Å²) in [6.45, 7) is 3.77. The maximum atomic E-state index is 12.4. The van der Waals surface area contributed by atoms with Gasteiger partial charge in [0.05, 0.1) is 23.9 Å². The second-order valence-corrected chi connectivity index (χ2v) is 12.9. The average molecular weight is 654 g/mol. The first-order valence-corrected chi connectivity index (χ1v) is 17.0. The Labute approximate surface area is 283 Å². The van der Waals surface area contributed by atoms with Crippen LogP contribution in [0.5, 0.6) is 11.5 Å². The fourth-order valence-electron chi connectivity index (χ4n) is 6.25. The number of hydrogen-bond acceptors (Lipinski definition) is 8. The van der Waals surface area contributed by atoms with Crippen LogP contribution >= 0.6 is 0 Å². The quantitative estimate of drug-likeness (QED) is 0.108. The first kappa shape index (κ1) is 35.2. The van der Waals surface area contributed by atoms with E-state index in [-0.39, 0.29) is 37.0 Å². The number of carbonyl (C=O) groups is 1. The van der Waals surface area contributed by atoms with Crippen LogP contribution in [0, 0.1) is 0 Å². The summed E-state index contributed by atoms with van der Waals surface area (Å²) in [4.78, 5) is 18.2. The third-order valence-corrected chi connectivity index (χ3v) is 8.86. The molecule has 48 heavy (non-hydrogen) atoms. The molecule has 9 heteroatoms. The molecule has 7 N–H and O–H groups in total. The monoisotopic (exact) mass is 653 g/mol.